The second kappa shape index (κ2) is 7.12. The molecule has 0 aromatic carbocycles. The van der Waals surface area contributed by atoms with Crippen LogP contribution in [-0.4, -0.2) is 40.9 Å². The smallest absolute Gasteiger partial charge is 0.410 e. The Kier molecular flexibility index (Phi) is 6.58. The van der Waals surface area contributed by atoms with Gasteiger partial charge in [0.05, 0.1) is 12.6 Å². The monoisotopic (exact) mass is 241 g/mol. The van der Waals surface area contributed by atoms with Gasteiger partial charge >= 0.3 is 6.09 Å². The van der Waals surface area contributed by atoms with Crippen LogP contribution in [0, 0.1) is 0 Å². The number of aliphatic hydroxyl groups is 1. The van der Waals surface area contributed by atoms with Gasteiger partial charge in [-0.3, -0.25) is 0 Å². The summed E-state index contributed by atoms with van der Waals surface area (Å²) in [6.45, 7) is 11.4. The molecule has 0 rings (SSSR count). The van der Waals surface area contributed by atoms with Gasteiger partial charge in [-0.15, -0.1) is 6.58 Å². The molecule has 98 valence electrons. The molecule has 0 aliphatic carbocycles. The molecule has 0 saturated carbocycles. The average Bonchev–Trinajstić information content (AvgIpc) is 2.14. The zero-order valence-corrected chi connectivity index (χ0v) is 11.1. The van der Waals surface area contributed by atoms with Gasteiger partial charge in [-0.25, -0.2) is 4.79 Å². The van der Waals surface area contributed by atoms with Crippen molar-refractivity contribution in [1.82, 2.24) is 4.90 Å². The number of carbonyl (C=O) groups is 1. The van der Waals surface area contributed by atoms with Gasteiger partial charge in [-0.2, -0.15) is 0 Å². The molecule has 0 fully saturated rings. The van der Waals surface area contributed by atoms with Crippen molar-refractivity contribution in [3.8, 4) is 0 Å². The van der Waals surface area contributed by atoms with Gasteiger partial charge in [0.1, 0.15) is 5.60 Å². The van der Waals surface area contributed by atoms with Crippen LogP contribution < -0.4 is 0 Å². The summed E-state index contributed by atoms with van der Waals surface area (Å²) in [5.41, 5.74) is -0.540. The summed E-state index contributed by atoms with van der Waals surface area (Å²) in [7, 11) is 0. The molecule has 4 nitrogen and oxygen atoms in total. The van der Waals surface area contributed by atoms with E-state index < -0.39 is 17.8 Å². The predicted molar refractivity (Wildman–Crippen MR) is 68.8 cm³/mol. The summed E-state index contributed by atoms with van der Waals surface area (Å²) in [5, 5.41) is 9.62. The van der Waals surface area contributed by atoms with Gasteiger partial charge in [-0.1, -0.05) is 18.2 Å². The molecule has 17 heavy (non-hydrogen) atoms. The first kappa shape index (κ1) is 15.7. The molecule has 1 atom stereocenters. The fraction of sp³-hybridized carbons (Fsp3) is 0.615. The fourth-order valence-electron chi connectivity index (χ4n) is 1.21. The van der Waals surface area contributed by atoms with E-state index in [1.54, 1.807) is 39.0 Å². The fourth-order valence-corrected chi connectivity index (χ4v) is 1.21. The average molecular weight is 241 g/mol. The number of hydrogen-bond donors (Lipinski definition) is 1. The lowest BCUT2D eigenvalue weighted by atomic mass is 10.2. The predicted octanol–water partition coefficient (Wildman–Crippen LogP) is 2.35. The molecular weight excluding hydrogens is 218 g/mol. The normalized spacial score (nSPS) is 13.5. The maximum atomic E-state index is 11.8. The Morgan fingerprint density at radius 3 is 2.53 bits per heavy atom. The molecule has 0 heterocycles. The summed E-state index contributed by atoms with van der Waals surface area (Å²) in [6, 6.07) is 0. The topological polar surface area (TPSA) is 49.8 Å². The molecule has 0 saturated heterocycles. The highest BCUT2D eigenvalue weighted by atomic mass is 16.6. The molecule has 0 spiro atoms. The quantitative estimate of drug-likeness (QED) is 0.752. The van der Waals surface area contributed by atoms with Crippen LogP contribution >= 0.6 is 0 Å². The minimum absolute atomic E-state index is 0.200. The molecule has 0 aromatic heterocycles. The minimum atomic E-state index is -0.688. The Bertz CT molecular complexity index is 279. The van der Waals surface area contributed by atoms with Gasteiger partial charge in [0, 0.05) is 6.54 Å². The highest BCUT2D eigenvalue weighted by molar-refractivity contribution is 5.68. The minimum Gasteiger partial charge on any atom is -0.444 e. The largest absolute Gasteiger partial charge is 0.444 e. The molecule has 0 aliphatic heterocycles. The van der Waals surface area contributed by atoms with Crippen molar-refractivity contribution in [2.75, 3.05) is 13.1 Å². The second-order valence-electron chi connectivity index (χ2n) is 4.77. The lowest BCUT2D eigenvalue weighted by Gasteiger charge is -2.27. The maximum Gasteiger partial charge on any atom is 0.410 e. The van der Waals surface area contributed by atoms with Crippen molar-refractivity contribution in [3.63, 3.8) is 0 Å². The van der Waals surface area contributed by atoms with Gasteiger partial charge in [0.15, 0.2) is 0 Å². The van der Waals surface area contributed by atoms with Gasteiger partial charge in [-0.05, 0) is 27.7 Å². The van der Waals surface area contributed by atoms with E-state index >= 15 is 0 Å². The lowest BCUT2D eigenvalue weighted by Crippen LogP contribution is -2.40. The Balaban J connectivity index is 4.50. The standard InChI is InChI=1S/C13H23NO3/c1-6-8-11(15)10-14(9-7-2)12(16)17-13(3,4)5/h6-8,11,15H,2,9-10H2,1,3-5H3/b8-6+. The first-order valence-electron chi connectivity index (χ1n) is 5.70. The van der Waals surface area contributed by atoms with Crippen LogP contribution in [0.5, 0.6) is 0 Å². The third kappa shape index (κ3) is 7.58. The number of carbonyl (C=O) groups excluding carboxylic acids is 1. The number of aliphatic hydroxyl groups excluding tert-OH is 1. The molecule has 1 N–H and O–H groups in total. The van der Waals surface area contributed by atoms with E-state index in [4.69, 9.17) is 4.74 Å². The summed E-state index contributed by atoms with van der Waals surface area (Å²) in [5.74, 6) is 0. The van der Waals surface area contributed by atoms with Crippen LogP contribution in [0.15, 0.2) is 24.8 Å². The Labute approximate surface area is 104 Å². The zero-order valence-electron chi connectivity index (χ0n) is 11.1. The molecule has 1 unspecified atom stereocenters. The van der Waals surface area contributed by atoms with E-state index in [0.717, 1.165) is 0 Å². The van der Waals surface area contributed by atoms with Crippen molar-refractivity contribution in [2.24, 2.45) is 0 Å². The zero-order chi connectivity index (χ0) is 13.5. The third-order valence-electron chi connectivity index (χ3n) is 1.82. The summed E-state index contributed by atoms with van der Waals surface area (Å²) in [6.07, 6.45) is 3.84. The molecular formula is C13H23NO3. The maximum absolute atomic E-state index is 11.8. The molecule has 0 aliphatic rings. The Hall–Kier alpha value is -1.29. The molecule has 0 radical (unpaired) electrons. The van der Waals surface area contributed by atoms with E-state index in [1.807, 2.05) is 6.92 Å². The van der Waals surface area contributed by atoms with Gasteiger partial charge in [0.25, 0.3) is 0 Å². The van der Waals surface area contributed by atoms with Crippen LogP contribution in [-0.2, 0) is 4.74 Å². The molecule has 0 aromatic rings. The van der Waals surface area contributed by atoms with Crippen molar-refractivity contribution in [1.29, 1.82) is 0 Å². The van der Waals surface area contributed by atoms with Crippen molar-refractivity contribution < 1.29 is 14.6 Å². The van der Waals surface area contributed by atoms with Gasteiger partial charge < -0.3 is 14.7 Å². The van der Waals surface area contributed by atoms with Crippen LogP contribution in [0.1, 0.15) is 27.7 Å². The SMILES string of the molecule is C=CCN(CC(O)/C=C/C)C(=O)OC(C)(C)C. The van der Waals surface area contributed by atoms with Crippen LogP contribution in [0.3, 0.4) is 0 Å². The summed E-state index contributed by atoms with van der Waals surface area (Å²) < 4.78 is 5.24. The highest BCUT2D eigenvalue weighted by Crippen LogP contribution is 2.10. The summed E-state index contributed by atoms with van der Waals surface area (Å²) >= 11 is 0. The Morgan fingerprint density at radius 1 is 1.53 bits per heavy atom. The first-order valence-corrected chi connectivity index (χ1v) is 5.70. The highest BCUT2D eigenvalue weighted by Gasteiger charge is 2.22. The van der Waals surface area contributed by atoms with Crippen molar-refractivity contribution in [2.45, 2.75) is 39.4 Å². The van der Waals surface area contributed by atoms with E-state index in [1.165, 1.54) is 4.90 Å². The van der Waals surface area contributed by atoms with E-state index in [-0.39, 0.29) is 6.54 Å². The van der Waals surface area contributed by atoms with E-state index in [9.17, 15) is 9.90 Å². The summed E-state index contributed by atoms with van der Waals surface area (Å²) in [4.78, 5) is 13.2. The van der Waals surface area contributed by atoms with E-state index in [2.05, 4.69) is 6.58 Å². The number of allylic oxidation sites excluding steroid dienone is 1. The van der Waals surface area contributed by atoms with Crippen LogP contribution in [0.25, 0.3) is 0 Å². The molecule has 1 amide bonds. The van der Waals surface area contributed by atoms with Crippen LogP contribution in [0.4, 0.5) is 4.79 Å². The van der Waals surface area contributed by atoms with Crippen molar-refractivity contribution in [3.05, 3.63) is 24.8 Å². The van der Waals surface area contributed by atoms with E-state index in [0.29, 0.717) is 6.54 Å². The van der Waals surface area contributed by atoms with Gasteiger partial charge in [0.2, 0.25) is 0 Å². The second-order valence-corrected chi connectivity index (χ2v) is 4.77. The first-order chi connectivity index (χ1) is 7.80. The number of hydrogen-bond acceptors (Lipinski definition) is 3. The molecule has 0 bridgehead atoms. The Morgan fingerprint density at radius 2 is 2.12 bits per heavy atom. The molecule has 4 heteroatoms. The van der Waals surface area contributed by atoms with Crippen LogP contribution in [0.2, 0.25) is 0 Å². The number of amides is 1. The third-order valence-corrected chi connectivity index (χ3v) is 1.82. The number of ether oxygens (including phenoxy) is 1. The number of nitrogens with zero attached hydrogens (tertiary/aromatic N) is 1. The van der Waals surface area contributed by atoms with Crippen molar-refractivity contribution >= 4 is 6.09 Å². The number of rotatable bonds is 5. The lowest BCUT2D eigenvalue weighted by molar-refractivity contribution is 0.0207.